The van der Waals surface area contributed by atoms with E-state index in [0.717, 1.165) is 31.5 Å². The standard InChI is InChI=1S/C12H22N2OS/c1-12(2)8-14-11(16-9-12)13-6-10-4-3-5-15-7-10/h10H,3-9H2,1-2H3,(H,13,14). The van der Waals surface area contributed by atoms with Crippen molar-refractivity contribution >= 4 is 16.9 Å². The summed E-state index contributed by atoms with van der Waals surface area (Å²) in [5.74, 6) is 1.84. The van der Waals surface area contributed by atoms with E-state index < -0.39 is 0 Å². The molecule has 1 fully saturated rings. The highest BCUT2D eigenvalue weighted by Gasteiger charge is 2.23. The predicted molar refractivity (Wildman–Crippen MR) is 70.1 cm³/mol. The Kier molecular flexibility index (Phi) is 4.14. The number of thioether (sulfide) groups is 1. The van der Waals surface area contributed by atoms with E-state index in [1.165, 1.54) is 18.6 Å². The molecule has 2 aliphatic rings. The number of amidine groups is 1. The van der Waals surface area contributed by atoms with Crippen molar-refractivity contribution in [3.63, 3.8) is 0 Å². The van der Waals surface area contributed by atoms with Gasteiger partial charge in [-0.25, -0.2) is 0 Å². The van der Waals surface area contributed by atoms with Gasteiger partial charge in [-0.15, -0.1) is 0 Å². The summed E-state index contributed by atoms with van der Waals surface area (Å²) in [5.41, 5.74) is 0.365. The summed E-state index contributed by atoms with van der Waals surface area (Å²) in [6.07, 6.45) is 2.50. The highest BCUT2D eigenvalue weighted by atomic mass is 32.2. The third-order valence-corrected chi connectivity index (χ3v) is 4.52. The van der Waals surface area contributed by atoms with Crippen LogP contribution < -0.4 is 5.32 Å². The molecule has 2 aliphatic heterocycles. The first-order valence-electron chi connectivity index (χ1n) is 6.15. The molecule has 0 saturated carbocycles. The van der Waals surface area contributed by atoms with Gasteiger partial charge < -0.3 is 10.1 Å². The van der Waals surface area contributed by atoms with Crippen LogP contribution in [0.3, 0.4) is 0 Å². The number of nitrogens with zero attached hydrogens (tertiary/aromatic N) is 1. The minimum Gasteiger partial charge on any atom is -0.381 e. The Morgan fingerprint density at radius 2 is 2.44 bits per heavy atom. The zero-order chi connectivity index (χ0) is 11.4. The molecular formula is C12H22N2OS. The fraction of sp³-hybridized carbons (Fsp3) is 0.917. The number of hydrogen-bond donors (Lipinski definition) is 1. The van der Waals surface area contributed by atoms with Gasteiger partial charge >= 0.3 is 0 Å². The van der Waals surface area contributed by atoms with Gasteiger partial charge in [0.2, 0.25) is 0 Å². The van der Waals surface area contributed by atoms with Gasteiger partial charge in [0.25, 0.3) is 0 Å². The van der Waals surface area contributed by atoms with E-state index in [-0.39, 0.29) is 0 Å². The molecule has 0 aromatic rings. The van der Waals surface area contributed by atoms with Crippen molar-refractivity contribution in [1.82, 2.24) is 5.32 Å². The molecule has 92 valence electrons. The normalized spacial score (nSPS) is 29.6. The van der Waals surface area contributed by atoms with Crippen LogP contribution in [0.2, 0.25) is 0 Å². The second-order valence-corrected chi connectivity index (χ2v) is 6.50. The van der Waals surface area contributed by atoms with Gasteiger partial charge in [-0.05, 0) is 24.2 Å². The van der Waals surface area contributed by atoms with Crippen LogP contribution in [-0.4, -0.2) is 37.2 Å². The third kappa shape index (κ3) is 3.67. The SMILES string of the molecule is CC1(C)CN=C(NCC2CCCOC2)SC1. The molecule has 0 amide bonds. The summed E-state index contributed by atoms with van der Waals surface area (Å²) >= 11 is 1.86. The average Bonchev–Trinajstić information content (AvgIpc) is 2.29. The lowest BCUT2D eigenvalue weighted by molar-refractivity contribution is 0.0565. The minimum atomic E-state index is 0.365. The van der Waals surface area contributed by atoms with Crippen LogP contribution in [0, 0.1) is 11.3 Å². The minimum absolute atomic E-state index is 0.365. The van der Waals surface area contributed by atoms with Crippen molar-refractivity contribution < 1.29 is 4.74 Å². The molecule has 4 heteroatoms. The van der Waals surface area contributed by atoms with Gasteiger partial charge in [0.1, 0.15) is 0 Å². The van der Waals surface area contributed by atoms with E-state index in [4.69, 9.17) is 4.74 Å². The Bertz CT molecular complexity index is 260. The summed E-state index contributed by atoms with van der Waals surface area (Å²) in [7, 11) is 0. The van der Waals surface area contributed by atoms with E-state index in [2.05, 4.69) is 24.2 Å². The van der Waals surface area contributed by atoms with E-state index in [0.29, 0.717) is 11.3 Å². The number of ether oxygens (including phenoxy) is 1. The maximum atomic E-state index is 5.47. The Labute approximate surface area is 102 Å². The van der Waals surface area contributed by atoms with Crippen LogP contribution in [0.1, 0.15) is 26.7 Å². The highest BCUT2D eigenvalue weighted by Crippen LogP contribution is 2.27. The largest absolute Gasteiger partial charge is 0.381 e. The van der Waals surface area contributed by atoms with Crippen LogP contribution in [0.5, 0.6) is 0 Å². The lowest BCUT2D eigenvalue weighted by Crippen LogP contribution is -2.35. The van der Waals surface area contributed by atoms with Crippen molar-refractivity contribution in [2.45, 2.75) is 26.7 Å². The number of aliphatic imine (C=N–C) groups is 1. The summed E-state index contributed by atoms with van der Waals surface area (Å²) in [6, 6.07) is 0. The lowest BCUT2D eigenvalue weighted by atomic mass is 9.97. The maximum absolute atomic E-state index is 5.47. The summed E-state index contributed by atoms with van der Waals surface area (Å²) in [5, 5.41) is 4.59. The molecule has 1 saturated heterocycles. The fourth-order valence-electron chi connectivity index (χ4n) is 1.95. The lowest BCUT2D eigenvalue weighted by Gasteiger charge is -2.28. The Balaban J connectivity index is 1.72. The molecule has 2 rings (SSSR count). The van der Waals surface area contributed by atoms with Gasteiger partial charge in [-0.1, -0.05) is 25.6 Å². The van der Waals surface area contributed by atoms with Gasteiger partial charge in [-0.2, -0.15) is 0 Å². The van der Waals surface area contributed by atoms with E-state index in [9.17, 15) is 0 Å². The van der Waals surface area contributed by atoms with Crippen molar-refractivity contribution in [2.75, 3.05) is 32.1 Å². The third-order valence-electron chi connectivity index (χ3n) is 3.05. The van der Waals surface area contributed by atoms with Crippen molar-refractivity contribution in [3.8, 4) is 0 Å². The quantitative estimate of drug-likeness (QED) is 0.805. The van der Waals surface area contributed by atoms with Gasteiger partial charge in [0.15, 0.2) is 5.17 Å². The van der Waals surface area contributed by atoms with E-state index in [1.807, 2.05) is 11.8 Å². The van der Waals surface area contributed by atoms with Crippen LogP contribution in [-0.2, 0) is 4.74 Å². The second-order valence-electron chi connectivity index (χ2n) is 5.54. The summed E-state index contributed by atoms with van der Waals surface area (Å²) in [4.78, 5) is 4.59. The molecule has 1 atom stereocenters. The molecule has 3 nitrogen and oxygen atoms in total. The van der Waals surface area contributed by atoms with Crippen LogP contribution >= 0.6 is 11.8 Å². The number of rotatable bonds is 2. The second kappa shape index (κ2) is 5.41. The van der Waals surface area contributed by atoms with Crippen LogP contribution in [0.25, 0.3) is 0 Å². The summed E-state index contributed by atoms with van der Waals surface area (Å²) in [6.45, 7) is 8.37. The molecule has 1 unspecified atom stereocenters. The monoisotopic (exact) mass is 242 g/mol. The predicted octanol–water partition coefficient (Wildman–Crippen LogP) is 2.13. The first-order chi connectivity index (χ1) is 7.66. The fourth-order valence-corrected chi connectivity index (χ4v) is 2.91. The Morgan fingerprint density at radius 3 is 3.06 bits per heavy atom. The van der Waals surface area contributed by atoms with Gasteiger partial charge in [-0.3, -0.25) is 4.99 Å². The summed E-state index contributed by atoms with van der Waals surface area (Å²) < 4.78 is 5.47. The average molecular weight is 242 g/mol. The number of nitrogens with one attached hydrogen (secondary N) is 1. The molecule has 1 N–H and O–H groups in total. The molecule has 0 aromatic carbocycles. The smallest absolute Gasteiger partial charge is 0.156 e. The molecule has 2 heterocycles. The Hall–Kier alpha value is -0.220. The first-order valence-corrected chi connectivity index (χ1v) is 7.13. The first kappa shape index (κ1) is 12.2. The van der Waals surface area contributed by atoms with Gasteiger partial charge in [0.05, 0.1) is 6.61 Å². The molecular weight excluding hydrogens is 220 g/mol. The number of hydrogen-bond acceptors (Lipinski definition) is 4. The molecule has 0 spiro atoms. The van der Waals surface area contributed by atoms with Crippen molar-refractivity contribution in [1.29, 1.82) is 0 Å². The molecule has 16 heavy (non-hydrogen) atoms. The molecule has 0 bridgehead atoms. The molecule has 0 radical (unpaired) electrons. The van der Waals surface area contributed by atoms with E-state index in [1.54, 1.807) is 0 Å². The van der Waals surface area contributed by atoms with Gasteiger partial charge in [0, 0.05) is 25.4 Å². The zero-order valence-electron chi connectivity index (χ0n) is 10.3. The van der Waals surface area contributed by atoms with E-state index >= 15 is 0 Å². The van der Waals surface area contributed by atoms with Crippen molar-refractivity contribution in [3.05, 3.63) is 0 Å². The van der Waals surface area contributed by atoms with Crippen LogP contribution in [0.15, 0.2) is 4.99 Å². The van der Waals surface area contributed by atoms with Crippen LogP contribution in [0.4, 0.5) is 0 Å². The Morgan fingerprint density at radius 1 is 1.56 bits per heavy atom. The topological polar surface area (TPSA) is 33.6 Å². The molecule has 0 aliphatic carbocycles. The molecule has 0 aromatic heterocycles. The maximum Gasteiger partial charge on any atom is 0.156 e. The van der Waals surface area contributed by atoms with Crippen molar-refractivity contribution in [2.24, 2.45) is 16.3 Å². The zero-order valence-corrected chi connectivity index (χ0v) is 11.1. The highest BCUT2D eigenvalue weighted by molar-refractivity contribution is 8.13.